The highest BCUT2D eigenvalue weighted by atomic mass is 79.9. The molecule has 64 valence electrons. The lowest BCUT2D eigenvalue weighted by atomic mass is 9.79. The average Bonchev–Trinajstić information content (AvgIpc) is 1.99. The Balaban J connectivity index is 2.13. The fourth-order valence-electron chi connectivity index (χ4n) is 1.69. The highest BCUT2D eigenvalue weighted by molar-refractivity contribution is 9.10. The fourth-order valence-corrected chi connectivity index (χ4v) is 2.77. The molecule has 1 saturated carbocycles. The van der Waals surface area contributed by atoms with Crippen LogP contribution in [-0.2, 0) is 0 Å². The van der Waals surface area contributed by atoms with Gasteiger partial charge in [0.1, 0.15) is 0 Å². The molecule has 12 heavy (non-hydrogen) atoms. The van der Waals surface area contributed by atoms with E-state index in [1.165, 1.54) is 22.9 Å². The van der Waals surface area contributed by atoms with Crippen molar-refractivity contribution >= 4 is 25.2 Å². The maximum absolute atomic E-state index is 3.49. The van der Waals surface area contributed by atoms with Crippen molar-refractivity contribution in [3.8, 4) is 0 Å². The predicted molar refractivity (Wildman–Crippen MR) is 59.6 cm³/mol. The Morgan fingerprint density at radius 1 is 1.33 bits per heavy atom. The Morgan fingerprint density at radius 2 is 2.08 bits per heavy atom. The lowest BCUT2D eigenvalue weighted by Crippen LogP contribution is -2.21. The zero-order valence-electron chi connectivity index (χ0n) is 6.83. The number of halogens is 1. The largest absolute Gasteiger partial charge is 0.134 e. The number of benzene rings is 1. The summed E-state index contributed by atoms with van der Waals surface area (Å²) >= 11 is 3.49. The van der Waals surface area contributed by atoms with Crippen LogP contribution in [0.2, 0.25) is 0 Å². The maximum atomic E-state index is 3.49. The molecule has 0 N–H and O–H groups in total. The van der Waals surface area contributed by atoms with Gasteiger partial charge in [-0.3, -0.25) is 0 Å². The number of hydrogen-bond donors (Lipinski definition) is 0. The predicted octanol–water partition coefficient (Wildman–Crippen LogP) is 3.57. The molecule has 1 unspecified atom stereocenters. The first kappa shape index (κ1) is 8.72. The number of rotatable bonds is 1. The van der Waals surface area contributed by atoms with E-state index in [1.807, 2.05) is 0 Å². The molecule has 0 aromatic heterocycles. The van der Waals surface area contributed by atoms with Gasteiger partial charge in [0.05, 0.1) is 0 Å². The molecule has 0 nitrogen and oxygen atoms in total. The van der Waals surface area contributed by atoms with Gasteiger partial charge in [0, 0.05) is 4.47 Å². The van der Waals surface area contributed by atoms with E-state index in [-0.39, 0.29) is 0 Å². The van der Waals surface area contributed by atoms with Crippen LogP contribution in [0.5, 0.6) is 0 Å². The zero-order chi connectivity index (χ0) is 8.55. The molecule has 1 atom stereocenters. The third kappa shape index (κ3) is 1.72. The molecule has 1 fully saturated rings. The summed E-state index contributed by atoms with van der Waals surface area (Å²) < 4.78 is 1.20. The summed E-state index contributed by atoms with van der Waals surface area (Å²) in [6.07, 6.45) is 2.67. The van der Waals surface area contributed by atoms with E-state index in [9.17, 15) is 0 Å². The standard InChI is InChI=1S/C10H12BrP/c11-9-3-1-2-7(4-9)8-5-10(12)6-8/h1-4,8,10H,5-6,12H2. The van der Waals surface area contributed by atoms with Crippen molar-refractivity contribution in [3.05, 3.63) is 34.3 Å². The van der Waals surface area contributed by atoms with Gasteiger partial charge in [-0.2, -0.15) is 0 Å². The van der Waals surface area contributed by atoms with Crippen LogP contribution >= 0.6 is 25.2 Å². The average molecular weight is 243 g/mol. The zero-order valence-corrected chi connectivity index (χ0v) is 9.57. The molecule has 0 aliphatic heterocycles. The van der Waals surface area contributed by atoms with Gasteiger partial charge >= 0.3 is 0 Å². The molecule has 1 aliphatic carbocycles. The normalized spacial score (nSPS) is 28.2. The van der Waals surface area contributed by atoms with Crippen molar-refractivity contribution in [2.24, 2.45) is 0 Å². The van der Waals surface area contributed by atoms with Gasteiger partial charge in [0.25, 0.3) is 0 Å². The van der Waals surface area contributed by atoms with Gasteiger partial charge in [0.15, 0.2) is 0 Å². The fraction of sp³-hybridized carbons (Fsp3) is 0.400. The van der Waals surface area contributed by atoms with Crippen molar-refractivity contribution in [2.45, 2.75) is 24.4 Å². The molecular formula is C10H12BrP. The van der Waals surface area contributed by atoms with Gasteiger partial charge in [-0.1, -0.05) is 28.1 Å². The summed E-state index contributed by atoms with van der Waals surface area (Å²) in [6.45, 7) is 0. The van der Waals surface area contributed by atoms with E-state index >= 15 is 0 Å². The van der Waals surface area contributed by atoms with Gasteiger partial charge in [-0.25, -0.2) is 0 Å². The lowest BCUT2D eigenvalue weighted by molar-refractivity contribution is 0.434. The lowest BCUT2D eigenvalue weighted by Gasteiger charge is -2.32. The van der Waals surface area contributed by atoms with Crippen LogP contribution in [0.4, 0.5) is 0 Å². The molecule has 0 saturated heterocycles. The minimum atomic E-state index is 0.810. The van der Waals surface area contributed by atoms with E-state index < -0.39 is 0 Å². The first-order valence-electron chi connectivity index (χ1n) is 4.27. The molecule has 0 amide bonds. The monoisotopic (exact) mass is 242 g/mol. The highest BCUT2D eigenvalue weighted by Crippen LogP contribution is 2.41. The molecule has 2 heteroatoms. The van der Waals surface area contributed by atoms with E-state index in [1.54, 1.807) is 0 Å². The smallest absolute Gasteiger partial charge is 0.0178 e. The quantitative estimate of drug-likeness (QED) is 0.661. The first-order valence-corrected chi connectivity index (χ1v) is 5.73. The third-order valence-corrected chi connectivity index (χ3v) is 3.53. The molecule has 0 radical (unpaired) electrons. The molecule has 0 bridgehead atoms. The molecule has 0 heterocycles. The molecular weight excluding hydrogens is 231 g/mol. The molecule has 1 aliphatic rings. The second-order valence-electron chi connectivity index (χ2n) is 3.48. The SMILES string of the molecule is PC1CC(c2cccc(Br)c2)C1. The van der Waals surface area contributed by atoms with E-state index in [0.29, 0.717) is 0 Å². The van der Waals surface area contributed by atoms with Crippen LogP contribution in [-0.4, -0.2) is 5.66 Å². The Bertz CT molecular complexity index is 279. The van der Waals surface area contributed by atoms with Crippen LogP contribution in [0.25, 0.3) is 0 Å². The summed E-state index contributed by atoms with van der Waals surface area (Å²) in [6, 6.07) is 8.67. The third-order valence-electron chi connectivity index (χ3n) is 2.49. The van der Waals surface area contributed by atoms with Crippen LogP contribution in [0.15, 0.2) is 28.7 Å². The van der Waals surface area contributed by atoms with Gasteiger partial charge in [-0.15, -0.1) is 9.24 Å². The minimum Gasteiger partial charge on any atom is -0.134 e. The highest BCUT2D eigenvalue weighted by Gasteiger charge is 2.26. The summed E-state index contributed by atoms with van der Waals surface area (Å²) in [5, 5.41) is 0. The Kier molecular flexibility index (Phi) is 2.52. The van der Waals surface area contributed by atoms with Crippen molar-refractivity contribution in [1.82, 2.24) is 0 Å². The van der Waals surface area contributed by atoms with Crippen LogP contribution in [0.1, 0.15) is 24.3 Å². The van der Waals surface area contributed by atoms with Crippen molar-refractivity contribution < 1.29 is 0 Å². The van der Waals surface area contributed by atoms with Gasteiger partial charge in [-0.05, 0) is 42.1 Å². The van der Waals surface area contributed by atoms with Crippen LogP contribution < -0.4 is 0 Å². The Hall–Kier alpha value is 0.130. The van der Waals surface area contributed by atoms with Crippen LogP contribution in [0.3, 0.4) is 0 Å². The van der Waals surface area contributed by atoms with E-state index in [4.69, 9.17) is 0 Å². The Labute approximate surface area is 84.1 Å². The second kappa shape index (κ2) is 3.47. The van der Waals surface area contributed by atoms with Crippen molar-refractivity contribution in [2.75, 3.05) is 0 Å². The van der Waals surface area contributed by atoms with Crippen molar-refractivity contribution in [1.29, 1.82) is 0 Å². The van der Waals surface area contributed by atoms with Crippen molar-refractivity contribution in [3.63, 3.8) is 0 Å². The van der Waals surface area contributed by atoms with Gasteiger partial charge in [0.2, 0.25) is 0 Å². The Morgan fingerprint density at radius 3 is 2.67 bits per heavy atom. The number of hydrogen-bond acceptors (Lipinski definition) is 0. The van der Waals surface area contributed by atoms with Crippen LogP contribution in [0, 0.1) is 0 Å². The molecule has 2 rings (SSSR count). The summed E-state index contributed by atoms with van der Waals surface area (Å²) in [5.41, 5.74) is 2.34. The summed E-state index contributed by atoms with van der Waals surface area (Å²) in [4.78, 5) is 0. The van der Waals surface area contributed by atoms with E-state index in [2.05, 4.69) is 49.4 Å². The van der Waals surface area contributed by atoms with Gasteiger partial charge < -0.3 is 0 Å². The summed E-state index contributed by atoms with van der Waals surface area (Å²) in [7, 11) is 2.90. The summed E-state index contributed by atoms with van der Waals surface area (Å²) in [5.74, 6) is 0.810. The first-order chi connectivity index (χ1) is 5.75. The maximum Gasteiger partial charge on any atom is 0.0178 e. The topological polar surface area (TPSA) is 0 Å². The molecule has 0 spiro atoms. The van der Waals surface area contributed by atoms with E-state index in [0.717, 1.165) is 11.6 Å². The minimum absolute atomic E-state index is 0.810. The second-order valence-corrected chi connectivity index (χ2v) is 5.34. The molecule has 1 aromatic rings. The molecule has 1 aromatic carbocycles.